The largest absolute Gasteiger partial charge is 0.384 e. The van der Waals surface area contributed by atoms with Crippen LogP contribution in [-0.2, 0) is 9.84 Å². The zero-order valence-electron chi connectivity index (χ0n) is 11.9. The average molecular weight is 316 g/mol. The normalized spacial score (nSPS) is 18.1. The van der Waals surface area contributed by atoms with Crippen molar-refractivity contribution in [3.8, 4) is 0 Å². The molecule has 0 heterocycles. The molecule has 0 amide bonds. The zero-order valence-corrected chi connectivity index (χ0v) is 13.4. The van der Waals surface area contributed by atoms with Gasteiger partial charge in [0, 0.05) is 23.5 Å². The van der Waals surface area contributed by atoms with Crippen molar-refractivity contribution in [2.24, 2.45) is 5.41 Å². The van der Waals surface area contributed by atoms with Gasteiger partial charge >= 0.3 is 0 Å². The van der Waals surface area contributed by atoms with E-state index in [2.05, 4.69) is 5.32 Å². The molecule has 0 atom stereocenters. The van der Waals surface area contributed by atoms with E-state index in [4.69, 9.17) is 11.6 Å². The number of anilines is 1. The second-order valence-corrected chi connectivity index (χ2v) is 8.17. The molecule has 1 aliphatic rings. The van der Waals surface area contributed by atoms with Crippen LogP contribution in [0.1, 0.15) is 32.6 Å². The number of nitrogens with one attached hydrogen (secondary N) is 1. The van der Waals surface area contributed by atoms with E-state index >= 15 is 0 Å². The first-order chi connectivity index (χ1) is 9.51. The predicted octanol–water partition coefficient (Wildman–Crippen LogP) is 3.69. The van der Waals surface area contributed by atoms with Gasteiger partial charge in [0.1, 0.15) is 0 Å². The van der Waals surface area contributed by atoms with Crippen LogP contribution in [0, 0.1) is 5.41 Å². The SMILES string of the molecule is CCS(=O)(=O)c1ccc(NCC2(CCl)CCCC2)cc1. The third kappa shape index (κ3) is 3.47. The van der Waals surface area contributed by atoms with Gasteiger partial charge in [0.15, 0.2) is 9.84 Å². The molecule has 1 N–H and O–H groups in total. The lowest BCUT2D eigenvalue weighted by Crippen LogP contribution is -2.28. The molecule has 0 aromatic heterocycles. The summed E-state index contributed by atoms with van der Waals surface area (Å²) >= 11 is 6.12. The lowest BCUT2D eigenvalue weighted by atomic mass is 9.88. The Morgan fingerprint density at radius 1 is 1.20 bits per heavy atom. The van der Waals surface area contributed by atoms with Crippen molar-refractivity contribution in [2.75, 3.05) is 23.5 Å². The molecule has 112 valence electrons. The molecular formula is C15H22ClNO2S. The van der Waals surface area contributed by atoms with Crippen LogP contribution in [0.4, 0.5) is 5.69 Å². The first-order valence-corrected chi connectivity index (χ1v) is 9.33. The first-order valence-electron chi connectivity index (χ1n) is 7.14. The summed E-state index contributed by atoms with van der Waals surface area (Å²) in [7, 11) is -3.11. The molecule has 0 aliphatic heterocycles. The Morgan fingerprint density at radius 3 is 2.30 bits per heavy atom. The molecule has 0 spiro atoms. The minimum Gasteiger partial charge on any atom is -0.384 e. The summed E-state index contributed by atoms with van der Waals surface area (Å²) in [6, 6.07) is 7.01. The summed E-state index contributed by atoms with van der Waals surface area (Å²) in [5, 5.41) is 3.40. The number of halogens is 1. The highest BCUT2D eigenvalue weighted by Gasteiger charge is 2.32. The third-order valence-electron chi connectivity index (χ3n) is 4.21. The predicted molar refractivity (Wildman–Crippen MR) is 84.3 cm³/mol. The highest BCUT2D eigenvalue weighted by molar-refractivity contribution is 7.91. The zero-order chi connectivity index (χ0) is 14.6. The Balaban J connectivity index is 2.01. The van der Waals surface area contributed by atoms with Gasteiger partial charge in [-0.25, -0.2) is 8.42 Å². The van der Waals surface area contributed by atoms with Crippen molar-refractivity contribution in [3.63, 3.8) is 0 Å². The van der Waals surface area contributed by atoms with Gasteiger partial charge in [-0.1, -0.05) is 19.8 Å². The van der Waals surface area contributed by atoms with Crippen molar-refractivity contribution in [2.45, 2.75) is 37.5 Å². The third-order valence-corrected chi connectivity index (χ3v) is 6.53. The fourth-order valence-electron chi connectivity index (χ4n) is 2.72. The maximum Gasteiger partial charge on any atom is 0.178 e. The first kappa shape index (κ1) is 15.6. The van der Waals surface area contributed by atoms with Crippen LogP contribution < -0.4 is 5.32 Å². The van der Waals surface area contributed by atoms with E-state index in [0.717, 1.165) is 12.2 Å². The second kappa shape index (κ2) is 6.35. The topological polar surface area (TPSA) is 46.2 Å². The molecule has 0 unspecified atom stereocenters. The van der Waals surface area contributed by atoms with Crippen LogP contribution >= 0.6 is 11.6 Å². The molecule has 1 aromatic carbocycles. The Hall–Kier alpha value is -0.740. The van der Waals surface area contributed by atoms with Crippen molar-refractivity contribution in [1.82, 2.24) is 0 Å². The van der Waals surface area contributed by atoms with Crippen molar-refractivity contribution in [3.05, 3.63) is 24.3 Å². The van der Waals surface area contributed by atoms with Crippen LogP contribution in [0.25, 0.3) is 0 Å². The molecule has 1 fully saturated rings. The molecule has 0 radical (unpaired) electrons. The molecular weight excluding hydrogens is 294 g/mol. The van der Waals surface area contributed by atoms with Gasteiger partial charge in [-0.15, -0.1) is 11.6 Å². The summed E-state index contributed by atoms with van der Waals surface area (Å²) < 4.78 is 23.5. The smallest absolute Gasteiger partial charge is 0.178 e. The van der Waals surface area contributed by atoms with Gasteiger partial charge in [-0.3, -0.25) is 0 Å². The number of rotatable bonds is 6. The lowest BCUT2D eigenvalue weighted by Gasteiger charge is -2.27. The monoisotopic (exact) mass is 315 g/mol. The molecule has 20 heavy (non-hydrogen) atoms. The van der Waals surface area contributed by atoms with E-state index in [1.54, 1.807) is 19.1 Å². The Kier molecular flexibility index (Phi) is 4.97. The Bertz CT molecular complexity index is 533. The number of hydrogen-bond acceptors (Lipinski definition) is 3. The Labute approximate surface area is 126 Å². The standard InChI is InChI=1S/C15H22ClNO2S/c1-2-20(18,19)14-7-5-13(6-8-14)17-12-15(11-16)9-3-4-10-15/h5-8,17H,2-4,9-12H2,1H3. The van der Waals surface area contributed by atoms with Crippen LogP contribution in [0.3, 0.4) is 0 Å². The van der Waals surface area contributed by atoms with E-state index < -0.39 is 9.84 Å². The minimum absolute atomic E-state index is 0.134. The lowest BCUT2D eigenvalue weighted by molar-refractivity contribution is 0.368. The summed E-state index contributed by atoms with van der Waals surface area (Å²) in [6.45, 7) is 2.52. The molecule has 0 bridgehead atoms. The summed E-state index contributed by atoms with van der Waals surface area (Å²) in [4.78, 5) is 0.387. The maximum absolute atomic E-state index is 11.7. The molecule has 1 saturated carbocycles. The van der Waals surface area contributed by atoms with Gasteiger partial charge < -0.3 is 5.32 Å². The average Bonchev–Trinajstić information content (AvgIpc) is 2.95. The number of alkyl halides is 1. The fraction of sp³-hybridized carbons (Fsp3) is 0.600. The van der Waals surface area contributed by atoms with E-state index in [1.165, 1.54) is 25.7 Å². The second-order valence-electron chi connectivity index (χ2n) is 5.62. The molecule has 2 rings (SSSR count). The van der Waals surface area contributed by atoms with Crippen molar-refractivity contribution < 1.29 is 8.42 Å². The maximum atomic E-state index is 11.7. The quantitative estimate of drug-likeness (QED) is 0.814. The number of hydrogen-bond donors (Lipinski definition) is 1. The van der Waals surface area contributed by atoms with Gasteiger partial charge in [-0.05, 0) is 37.1 Å². The van der Waals surface area contributed by atoms with Crippen LogP contribution in [0.15, 0.2) is 29.2 Å². The number of sulfone groups is 1. The van der Waals surface area contributed by atoms with Crippen molar-refractivity contribution >= 4 is 27.1 Å². The molecule has 1 aromatic rings. The summed E-state index contributed by atoms with van der Waals surface area (Å²) in [6.07, 6.45) is 4.85. The summed E-state index contributed by atoms with van der Waals surface area (Å²) in [5.41, 5.74) is 1.16. The van der Waals surface area contributed by atoms with Gasteiger partial charge in [-0.2, -0.15) is 0 Å². The molecule has 3 nitrogen and oxygen atoms in total. The highest BCUT2D eigenvalue weighted by atomic mass is 35.5. The van der Waals surface area contributed by atoms with Gasteiger partial charge in [0.05, 0.1) is 10.6 Å². The fourth-order valence-corrected chi connectivity index (χ4v) is 3.96. The Morgan fingerprint density at radius 2 is 1.80 bits per heavy atom. The van der Waals surface area contributed by atoms with Crippen LogP contribution in [0.5, 0.6) is 0 Å². The molecule has 1 aliphatic carbocycles. The van der Waals surface area contributed by atoms with E-state index in [1.807, 2.05) is 12.1 Å². The summed E-state index contributed by atoms with van der Waals surface area (Å²) in [5.74, 6) is 0.817. The van der Waals surface area contributed by atoms with Crippen LogP contribution in [0.2, 0.25) is 0 Å². The number of benzene rings is 1. The highest BCUT2D eigenvalue weighted by Crippen LogP contribution is 2.39. The minimum atomic E-state index is -3.11. The van der Waals surface area contributed by atoms with Gasteiger partial charge in [0.25, 0.3) is 0 Å². The van der Waals surface area contributed by atoms with E-state index in [9.17, 15) is 8.42 Å². The van der Waals surface area contributed by atoms with Crippen molar-refractivity contribution in [1.29, 1.82) is 0 Å². The molecule has 5 heteroatoms. The molecule has 0 saturated heterocycles. The van der Waals surface area contributed by atoms with Crippen LogP contribution in [-0.4, -0.2) is 26.6 Å². The van der Waals surface area contributed by atoms with E-state index in [0.29, 0.717) is 10.8 Å². The van der Waals surface area contributed by atoms with E-state index in [-0.39, 0.29) is 11.2 Å². The van der Waals surface area contributed by atoms with Gasteiger partial charge in [0.2, 0.25) is 0 Å².